The zero-order valence-electron chi connectivity index (χ0n) is 19.2. The molecular formula is C23H34BrN3O4S. The number of hydrogen-bond acceptors (Lipinski definition) is 4. The molecule has 1 aromatic carbocycles. The summed E-state index contributed by atoms with van der Waals surface area (Å²) >= 11 is 3.46. The van der Waals surface area contributed by atoms with Gasteiger partial charge in [0.1, 0.15) is 0 Å². The van der Waals surface area contributed by atoms with Crippen LogP contribution < -0.4 is 0 Å². The SMILES string of the molecule is CCCCN(Cc1cccn1Cc1ccc(Br)cc1)C(=O)CN(CCCOC)S(C)(=O)=O. The van der Waals surface area contributed by atoms with Gasteiger partial charge in [0.05, 0.1) is 19.3 Å². The van der Waals surface area contributed by atoms with Crippen LogP contribution in [0.3, 0.4) is 0 Å². The predicted octanol–water partition coefficient (Wildman–Crippen LogP) is 3.73. The van der Waals surface area contributed by atoms with Crippen LogP contribution in [0.15, 0.2) is 47.1 Å². The van der Waals surface area contributed by atoms with E-state index in [0.717, 1.165) is 29.3 Å². The number of nitrogens with zero attached hydrogens (tertiary/aromatic N) is 3. The maximum Gasteiger partial charge on any atom is 0.238 e. The maximum atomic E-state index is 13.1. The van der Waals surface area contributed by atoms with E-state index in [2.05, 4.69) is 39.6 Å². The molecule has 0 atom stereocenters. The fraction of sp³-hybridized carbons (Fsp3) is 0.522. The number of carbonyl (C=O) groups excluding carboxylic acids is 1. The van der Waals surface area contributed by atoms with Crippen LogP contribution in [0.25, 0.3) is 0 Å². The lowest BCUT2D eigenvalue weighted by molar-refractivity contribution is -0.132. The van der Waals surface area contributed by atoms with Crippen molar-refractivity contribution in [1.82, 2.24) is 13.8 Å². The third kappa shape index (κ3) is 8.69. The van der Waals surface area contributed by atoms with E-state index in [1.807, 2.05) is 30.5 Å². The first kappa shape index (κ1) is 26.6. The first-order valence-electron chi connectivity index (χ1n) is 10.8. The normalized spacial score (nSPS) is 11.8. The minimum absolute atomic E-state index is 0.153. The second kappa shape index (κ2) is 13.1. The predicted molar refractivity (Wildman–Crippen MR) is 131 cm³/mol. The number of methoxy groups -OCH3 is 1. The Balaban J connectivity index is 2.13. The van der Waals surface area contributed by atoms with Gasteiger partial charge >= 0.3 is 0 Å². The molecule has 0 N–H and O–H groups in total. The van der Waals surface area contributed by atoms with Crippen LogP contribution in [-0.2, 0) is 32.6 Å². The molecule has 9 heteroatoms. The van der Waals surface area contributed by atoms with Crippen molar-refractivity contribution in [2.45, 2.75) is 39.3 Å². The molecule has 0 saturated carbocycles. The average Bonchev–Trinajstić information content (AvgIpc) is 3.17. The highest BCUT2D eigenvalue weighted by Gasteiger charge is 2.24. The Kier molecular flexibility index (Phi) is 10.9. The molecule has 1 aromatic heterocycles. The Morgan fingerprint density at radius 2 is 1.84 bits per heavy atom. The second-order valence-electron chi connectivity index (χ2n) is 7.87. The second-order valence-corrected chi connectivity index (χ2v) is 10.8. The fourth-order valence-corrected chi connectivity index (χ4v) is 4.44. The molecule has 7 nitrogen and oxygen atoms in total. The van der Waals surface area contributed by atoms with Gasteiger partial charge in [0.2, 0.25) is 15.9 Å². The van der Waals surface area contributed by atoms with Crippen molar-refractivity contribution >= 4 is 31.9 Å². The monoisotopic (exact) mass is 527 g/mol. The van der Waals surface area contributed by atoms with E-state index in [-0.39, 0.29) is 19.0 Å². The molecule has 0 saturated heterocycles. The highest BCUT2D eigenvalue weighted by Crippen LogP contribution is 2.15. The number of aromatic nitrogens is 1. The molecule has 0 aliphatic rings. The molecule has 2 aromatic rings. The zero-order chi connectivity index (χ0) is 23.6. The van der Waals surface area contributed by atoms with E-state index in [0.29, 0.717) is 32.7 Å². The highest BCUT2D eigenvalue weighted by molar-refractivity contribution is 9.10. The Morgan fingerprint density at radius 1 is 1.12 bits per heavy atom. The first-order chi connectivity index (χ1) is 15.2. The van der Waals surface area contributed by atoms with E-state index in [9.17, 15) is 13.2 Å². The number of sulfonamides is 1. The molecule has 178 valence electrons. The summed E-state index contributed by atoms with van der Waals surface area (Å²) < 4.78 is 33.8. The third-order valence-electron chi connectivity index (χ3n) is 5.21. The number of halogens is 1. The topological polar surface area (TPSA) is 71.9 Å². The van der Waals surface area contributed by atoms with Crippen molar-refractivity contribution in [2.75, 3.05) is 39.6 Å². The molecular weight excluding hydrogens is 494 g/mol. The Labute approximate surface area is 200 Å². The molecule has 0 aliphatic carbocycles. The smallest absolute Gasteiger partial charge is 0.238 e. The minimum atomic E-state index is -3.49. The average molecular weight is 529 g/mol. The Bertz CT molecular complexity index is 944. The van der Waals surface area contributed by atoms with Crippen LogP contribution in [0.5, 0.6) is 0 Å². The standard InChI is InChI=1S/C23H34BrN3O4S/c1-4-5-13-26(23(28)19-27(32(3,29)30)15-7-16-31-2)18-22-8-6-14-25(22)17-20-9-11-21(24)12-10-20/h6,8-12,14H,4-5,7,13,15-19H2,1-3H3. The molecule has 0 aliphatic heterocycles. The van der Waals surface area contributed by atoms with Crippen LogP contribution >= 0.6 is 15.9 Å². The van der Waals surface area contributed by atoms with Gasteiger partial charge in [-0.1, -0.05) is 41.4 Å². The summed E-state index contributed by atoms with van der Waals surface area (Å²) in [6, 6.07) is 12.1. The van der Waals surface area contributed by atoms with Crippen LogP contribution in [0.4, 0.5) is 0 Å². The highest BCUT2D eigenvalue weighted by atomic mass is 79.9. The lowest BCUT2D eigenvalue weighted by atomic mass is 10.2. The minimum Gasteiger partial charge on any atom is -0.385 e. The van der Waals surface area contributed by atoms with Gasteiger partial charge in [-0.15, -0.1) is 0 Å². The summed E-state index contributed by atoms with van der Waals surface area (Å²) in [5.41, 5.74) is 2.18. The van der Waals surface area contributed by atoms with Crippen molar-refractivity contribution in [1.29, 1.82) is 0 Å². The number of amides is 1. The van der Waals surface area contributed by atoms with Gasteiger partial charge in [0.25, 0.3) is 0 Å². The lowest BCUT2D eigenvalue weighted by Crippen LogP contribution is -2.43. The van der Waals surface area contributed by atoms with Crippen molar-refractivity contribution < 1.29 is 17.9 Å². The van der Waals surface area contributed by atoms with Gasteiger partial charge in [-0.25, -0.2) is 8.42 Å². The number of hydrogen-bond donors (Lipinski definition) is 0. The summed E-state index contributed by atoms with van der Waals surface area (Å²) in [7, 11) is -1.91. The molecule has 1 amide bonds. The number of carbonyl (C=O) groups is 1. The molecule has 0 unspecified atom stereocenters. The van der Waals surface area contributed by atoms with Crippen molar-refractivity contribution in [2.24, 2.45) is 0 Å². The Hall–Kier alpha value is -1.68. The molecule has 1 heterocycles. The van der Waals surface area contributed by atoms with Gasteiger partial charge in [-0.2, -0.15) is 4.31 Å². The molecule has 0 fully saturated rings. The van der Waals surface area contributed by atoms with Gasteiger partial charge in [-0.3, -0.25) is 4.79 Å². The summed E-state index contributed by atoms with van der Waals surface area (Å²) in [5.74, 6) is -0.183. The number of rotatable bonds is 14. The van der Waals surface area contributed by atoms with Crippen LogP contribution in [0, 0.1) is 0 Å². The zero-order valence-corrected chi connectivity index (χ0v) is 21.6. The van der Waals surface area contributed by atoms with Gasteiger partial charge in [0, 0.05) is 49.7 Å². The van der Waals surface area contributed by atoms with Crippen molar-refractivity contribution in [3.8, 4) is 0 Å². The summed E-state index contributed by atoms with van der Waals surface area (Å²) in [6.45, 7) is 4.37. The van der Waals surface area contributed by atoms with Gasteiger partial charge < -0.3 is 14.2 Å². The number of unbranched alkanes of at least 4 members (excludes halogenated alkanes) is 1. The molecule has 0 spiro atoms. The molecule has 2 rings (SSSR count). The maximum absolute atomic E-state index is 13.1. The van der Waals surface area contributed by atoms with E-state index in [4.69, 9.17) is 4.74 Å². The largest absolute Gasteiger partial charge is 0.385 e. The quantitative estimate of drug-likeness (QED) is 0.351. The van der Waals surface area contributed by atoms with Crippen molar-refractivity contribution in [3.05, 3.63) is 58.3 Å². The van der Waals surface area contributed by atoms with Gasteiger partial charge in [-0.05, 0) is 42.7 Å². The third-order valence-corrected chi connectivity index (χ3v) is 6.99. The number of benzene rings is 1. The van der Waals surface area contributed by atoms with Crippen LogP contribution in [0.2, 0.25) is 0 Å². The summed E-state index contributed by atoms with van der Waals surface area (Å²) in [5, 5.41) is 0. The van der Waals surface area contributed by atoms with E-state index in [1.54, 1.807) is 12.0 Å². The van der Waals surface area contributed by atoms with E-state index >= 15 is 0 Å². The van der Waals surface area contributed by atoms with E-state index in [1.165, 1.54) is 9.87 Å². The molecule has 32 heavy (non-hydrogen) atoms. The first-order valence-corrected chi connectivity index (χ1v) is 13.5. The van der Waals surface area contributed by atoms with Gasteiger partial charge in [0.15, 0.2) is 0 Å². The van der Waals surface area contributed by atoms with Crippen molar-refractivity contribution in [3.63, 3.8) is 0 Å². The molecule has 0 radical (unpaired) electrons. The molecule has 0 bridgehead atoms. The summed E-state index contributed by atoms with van der Waals surface area (Å²) in [6.07, 6.45) is 5.51. The number of ether oxygens (including phenoxy) is 1. The van der Waals surface area contributed by atoms with Crippen LogP contribution in [0.1, 0.15) is 37.4 Å². The summed E-state index contributed by atoms with van der Waals surface area (Å²) in [4.78, 5) is 14.9. The van der Waals surface area contributed by atoms with E-state index < -0.39 is 10.0 Å². The Morgan fingerprint density at radius 3 is 2.47 bits per heavy atom. The fourth-order valence-electron chi connectivity index (χ4n) is 3.37. The van der Waals surface area contributed by atoms with Crippen LogP contribution in [-0.4, -0.2) is 67.7 Å². The lowest BCUT2D eigenvalue weighted by Gasteiger charge is -2.27.